The number of hydrogen-bond donors (Lipinski definition) is 2. The summed E-state index contributed by atoms with van der Waals surface area (Å²) in [6.07, 6.45) is 1.08. The Kier molecular flexibility index (Phi) is 2.62. The minimum Gasteiger partial charge on any atom is -0.385 e. The molecule has 1 aromatic rings. The molecule has 3 N–H and O–H groups in total. The summed E-state index contributed by atoms with van der Waals surface area (Å²) in [4.78, 5) is 0. The summed E-state index contributed by atoms with van der Waals surface area (Å²) in [7, 11) is 0. The van der Waals surface area contributed by atoms with Crippen LogP contribution in [0.1, 0.15) is 18.7 Å². The first-order chi connectivity index (χ1) is 5.29. The van der Waals surface area contributed by atoms with E-state index in [4.69, 9.17) is 5.73 Å². The zero-order valence-electron chi connectivity index (χ0n) is 6.57. The van der Waals surface area contributed by atoms with Crippen LogP contribution in [-0.2, 0) is 6.54 Å². The van der Waals surface area contributed by atoms with E-state index in [1.807, 2.05) is 6.92 Å². The van der Waals surface area contributed by atoms with Gasteiger partial charge >= 0.3 is 0 Å². The van der Waals surface area contributed by atoms with Gasteiger partial charge in [0.25, 0.3) is 0 Å². The minimum atomic E-state index is -0.586. The van der Waals surface area contributed by atoms with Crippen LogP contribution in [-0.4, -0.2) is 21.4 Å². The van der Waals surface area contributed by atoms with Crippen molar-refractivity contribution in [2.24, 2.45) is 5.73 Å². The van der Waals surface area contributed by atoms with Gasteiger partial charge in [-0.2, -0.15) is 5.10 Å². The van der Waals surface area contributed by atoms with Crippen LogP contribution < -0.4 is 5.73 Å². The molecule has 1 rings (SSSR count). The molecule has 1 aromatic heterocycles. The molecule has 0 radical (unpaired) electrons. The van der Waals surface area contributed by atoms with E-state index < -0.39 is 6.10 Å². The van der Waals surface area contributed by atoms with Gasteiger partial charge in [-0.1, -0.05) is 0 Å². The molecule has 0 spiro atoms. The Hall–Kier alpha value is -0.870. The molecule has 4 nitrogen and oxygen atoms in total. The van der Waals surface area contributed by atoms with Crippen molar-refractivity contribution < 1.29 is 5.11 Å². The number of rotatable bonds is 3. The van der Waals surface area contributed by atoms with E-state index in [-0.39, 0.29) is 6.54 Å². The second-order valence-electron chi connectivity index (χ2n) is 2.32. The van der Waals surface area contributed by atoms with Crippen molar-refractivity contribution in [2.75, 3.05) is 6.54 Å². The molecule has 0 aliphatic rings. The molecule has 0 fully saturated rings. The highest BCUT2D eigenvalue weighted by Crippen LogP contribution is 2.09. The van der Waals surface area contributed by atoms with Gasteiger partial charge in [0, 0.05) is 19.3 Å². The van der Waals surface area contributed by atoms with Crippen molar-refractivity contribution in [1.29, 1.82) is 0 Å². The highest BCUT2D eigenvalue weighted by atomic mass is 16.3. The molecule has 1 unspecified atom stereocenters. The molecule has 1 heterocycles. The summed E-state index contributed by atoms with van der Waals surface area (Å²) >= 11 is 0. The second-order valence-corrected chi connectivity index (χ2v) is 2.32. The van der Waals surface area contributed by atoms with Crippen molar-refractivity contribution in [3.05, 3.63) is 18.0 Å². The summed E-state index contributed by atoms with van der Waals surface area (Å²) < 4.78 is 1.73. The van der Waals surface area contributed by atoms with Crippen LogP contribution in [0.2, 0.25) is 0 Å². The molecule has 0 bridgehead atoms. The predicted octanol–water partition coefficient (Wildman–Crippen LogP) is -0.105. The third kappa shape index (κ3) is 1.58. The standard InChI is InChI=1S/C7H13N3O/c1-2-10-6(3-4-9-10)7(11)5-8/h3-4,7,11H,2,5,8H2,1H3. The van der Waals surface area contributed by atoms with Crippen LogP contribution in [0.15, 0.2) is 12.3 Å². The van der Waals surface area contributed by atoms with Gasteiger partial charge in [0.15, 0.2) is 0 Å². The van der Waals surface area contributed by atoms with Crippen molar-refractivity contribution >= 4 is 0 Å². The molecule has 0 aliphatic heterocycles. The zero-order valence-corrected chi connectivity index (χ0v) is 6.57. The molecule has 1 atom stereocenters. The summed E-state index contributed by atoms with van der Waals surface area (Å²) in [6, 6.07) is 1.78. The third-order valence-corrected chi connectivity index (χ3v) is 1.61. The van der Waals surface area contributed by atoms with Gasteiger partial charge in [0.2, 0.25) is 0 Å². The van der Waals surface area contributed by atoms with Gasteiger partial charge in [0.1, 0.15) is 6.10 Å². The van der Waals surface area contributed by atoms with Gasteiger partial charge in [-0.15, -0.1) is 0 Å². The monoisotopic (exact) mass is 155 g/mol. The first-order valence-corrected chi connectivity index (χ1v) is 3.69. The number of aromatic nitrogens is 2. The number of nitrogens with zero attached hydrogens (tertiary/aromatic N) is 2. The number of aliphatic hydroxyl groups excluding tert-OH is 1. The lowest BCUT2D eigenvalue weighted by atomic mass is 10.2. The molecule has 0 aliphatic carbocycles. The van der Waals surface area contributed by atoms with E-state index in [0.29, 0.717) is 0 Å². The van der Waals surface area contributed by atoms with Crippen molar-refractivity contribution in [3.8, 4) is 0 Å². The fourth-order valence-corrected chi connectivity index (χ4v) is 1.01. The zero-order chi connectivity index (χ0) is 8.27. The number of aliphatic hydroxyl groups is 1. The Morgan fingerprint density at radius 1 is 1.82 bits per heavy atom. The number of aryl methyl sites for hydroxylation is 1. The normalized spacial score (nSPS) is 13.4. The molecular formula is C7H13N3O. The van der Waals surface area contributed by atoms with E-state index in [2.05, 4.69) is 5.10 Å². The maximum absolute atomic E-state index is 9.34. The fourth-order valence-electron chi connectivity index (χ4n) is 1.01. The van der Waals surface area contributed by atoms with Crippen molar-refractivity contribution in [3.63, 3.8) is 0 Å². The second kappa shape index (κ2) is 3.50. The lowest BCUT2D eigenvalue weighted by Crippen LogP contribution is -2.16. The smallest absolute Gasteiger partial charge is 0.108 e. The van der Waals surface area contributed by atoms with E-state index in [1.165, 1.54) is 0 Å². The Labute approximate surface area is 65.6 Å². The van der Waals surface area contributed by atoms with Crippen molar-refractivity contribution in [1.82, 2.24) is 9.78 Å². The van der Waals surface area contributed by atoms with Gasteiger partial charge in [-0.3, -0.25) is 4.68 Å². The van der Waals surface area contributed by atoms with E-state index in [1.54, 1.807) is 16.9 Å². The van der Waals surface area contributed by atoms with Gasteiger partial charge in [-0.05, 0) is 13.0 Å². The van der Waals surface area contributed by atoms with E-state index in [0.717, 1.165) is 12.2 Å². The van der Waals surface area contributed by atoms with Crippen LogP contribution >= 0.6 is 0 Å². The Bertz CT molecular complexity index is 221. The molecule has 11 heavy (non-hydrogen) atoms. The van der Waals surface area contributed by atoms with Crippen LogP contribution in [0, 0.1) is 0 Å². The number of hydrogen-bond acceptors (Lipinski definition) is 3. The quantitative estimate of drug-likeness (QED) is 0.640. The summed E-state index contributed by atoms with van der Waals surface area (Å²) in [5, 5.41) is 13.3. The maximum atomic E-state index is 9.34. The Balaban J connectivity index is 2.83. The maximum Gasteiger partial charge on any atom is 0.108 e. The SMILES string of the molecule is CCn1nccc1C(O)CN. The third-order valence-electron chi connectivity index (χ3n) is 1.61. The molecule has 62 valence electrons. The Morgan fingerprint density at radius 3 is 3.09 bits per heavy atom. The summed E-state index contributed by atoms with van der Waals surface area (Å²) in [6.45, 7) is 2.98. The van der Waals surface area contributed by atoms with Gasteiger partial charge in [-0.25, -0.2) is 0 Å². The molecular weight excluding hydrogens is 142 g/mol. The molecule has 0 saturated carbocycles. The van der Waals surface area contributed by atoms with Crippen LogP contribution in [0.3, 0.4) is 0 Å². The molecule has 0 saturated heterocycles. The minimum absolute atomic E-state index is 0.242. The highest BCUT2D eigenvalue weighted by molar-refractivity contribution is 5.04. The largest absolute Gasteiger partial charge is 0.385 e. The molecule has 0 aromatic carbocycles. The number of nitrogens with two attached hydrogens (primary N) is 1. The first-order valence-electron chi connectivity index (χ1n) is 3.69. The van der Waals surface area contributed by atoms with Crippen LogP contribution in [0.25, 0.3) is 0 Å². The average molecular weight is 155 g/mol. The lowest BCUT2D eigenvalue weighted by molar-refractivity contribution is 0.175. The lowest BCUT2D eigenvalue weighted by Gasteiger charge is -2.08. The summed E-state index contributed by atoms with van der Waals surface area (Å²) in [5.41, 5.74) is 6.08. The fraction of sp³-hybridized carbons (Fsp3) is 0.571. The summed E-state index contributed by atoms with van der Waals surface area (Å²) in [5.74, 6) is 0. The average Bonchev–Trinajstić information content (AvgIpc) is 2.50. The highest BCUT2D eigenvalue weighted by Gasteiger charge is 2.08. The first kappa shape index (κ1) is 8.23. The van der Waals surface area contributed by atoms with Crippen LogP contribution in [0.5, 0.6) is 0 Å². The van der Waals surface area contributed by atoms with E-state index >= 15 is 0 Å². The van der Waals surface area contributed by atoms with Gasteiger partial charge in [0.05, 0.1) is 5.69 Å². The van der Waals surface area contributed by atoms with Crippen molar-refractivity contribution in [2.45, 2.75) is 19.6 Å². The predicted molar refractivity (Wildman–Crippen MR) is 41.9 cm³/mol. The molecule has 0 amide bonds. The molecule has 4 heteroatoms. The van der Waals surface area contributed by atoms with Crippen LogP contribution in [0.4, 0.5) is 0 Å². The van der Waals surface area contributed by atoms with E-state index in [9.17, 15) is 5.11 Å². The topological polar surface area (TPSA) is 64.1 Å². The van der Waals surface area contributed by atoms with Gasteiger partial charge < -0.3 is 10.8 Å². The Morgan fingerprint density at radius 2 is 2.55 bits per heavy atom.